The van der Waals surface area contributed by atoms with Gasteiger partial charge in [-0.2, -0.15) is 0 Å². The van der Waals surface area contributed by atoms with Crippen LogP contribution in [0.1, 0.15) is 37.9 Å². The molecule has 0 bridgehead atoms. The van der Waals surface area contributed by atoms with Crippen molar-refractivity contribution < 1.29 is 14.3 Å². The van der Waals surface area contributed by atoms with Crippen molar-refractivity contribution in [1.29, 1.82) is 0 Å². The topological polar surface area (TPSA) is 83.6 Å². The average molecular weight is 559 g/mol. The summed E-state index contributed by atoms with van der Waals surface area (Å²) in [5.41, 5.74) is 8.37. The molecule has 2 N–H and O–H groups in total. The number of morpholine rings is 1. The first-order valence-corrected chi connectivity index (χ1v) is 11.1. The van der Waals surface area contributed by atoms with E-state index in [0.717, 1.165) is 26.3 Å². The molecule has 1 aromatic carbocycles. The lowest BCUT2D eigenvalue weighted by molar-refractivity contribution is 0.0172. The maximum absolute atomic E-state index is 12.3. The number of guanidine groups is 1. The maximum Gasteiger partial charge on any atom is 0.410 e. The lowest BCUT2D eigenvalue weighted by atomic mass is 10.0. The van der Waals surface area contributed by atoms with Gasteiger partial charge in [0.25, 0.3) is 0 Å². The summed E-state index contributed by atoms with van der Waals surface area (Å²) in [7, 11) is 0. The van der Waals surface area contributed by atoms with Gasteiger partial charge >= 0.3 is 6.09 Å². The number of carbonyl (C=O) groups excluding carboxylic acids is 1. The fourth-order valence-corrected chi connectivity index (χ4v) is 3.92. The van der Waals surface area contributed by atoms with Gasteiger partial charge in [0.1, 0.15) is 5.60 Å². The molecule has 1 amide bonds. The number of rotatable bonds is 4. The van der Waals surface area contributed by atoms with E-state index in [4.69, 9.17) is 20.2 Å². The lowest BCUT2D eigenvalue weighted by Gasteiger charge is -2.37. The molecule has 8 nitrogen and oxygen atoms in total. The van der Waals surface area contributed by atoms with E-state index in [1.165, 1.54) is 11.1 Å². The largest absolute Gasteiger partial charge is 0.444 e. The third kappa shape index (κ3) is 7.77. The fourth-order valence-electron chi connectivity index (χ4n) is 3.92. The molecule has 9 heteroatoms. The van der Waals surface area contributed by atoms with Gasteiger partial charge in [0.15, 0.2) is 5.96 Å². The molecule has 0 radical (unpaired) electrons. The normalized spacial score (nSPS) is 19.3. The van der Waals surface area contributed by atoms with Gasteiger partial charge in [0, 0.05) is 39.3 Å². The summed E-state index contributed by atoms with van der Waals surface area (Å²) in [6.45, 7) is 14.1. The number of ether oxygens (including phenoxy) is 2. The van der Waals surface area contributed by atoms with E-state index in [0.29, 0.717) is 38.7 Å². The third-order valence-corrected chi connectivity index (χ3v) is 5.59. The van der Waals surface area contributed by atoms with Crippen LogP contribution in [0.4, 0.5) is 4.79 Å². The molecule has 0 saturated carbocycles. The molecule has 1 aromatic rings. The first kappa shape index (κ1) is 26.7. The van der Waals surface area contributed by atoms with Gasteiger partial charge in [-0.1, -0.05) is 29.8 Å². The number of hydrogen-bond acceptors (Lipinski definition) is 5. The molecule has 2 saturated heterocycles. The Kier molecular flexibility index (Phi) is 10.0. The minimum absolute atomic E-state index is 0. The van der Waals surface area contributed by atoms with Crippen molar-refractivity contribution in [3.8, 4) is 0 Å². The molecule has 2 aliphatic heterocycles. The fraction of sp³-hybridized carbons (Fsp3) is 0.652. The number of carbonyl (C=O) groups is 1. The Morgan fingerprint density at radius 3 is 2.34 bits per heavy atom. The monoisotopic (exact) mass is 559 g/mol. The zero-order chi connectivity index (χ0) is 22.4. The summed E-state index contributed by atoms with van der Waals surface area (Å²) in [6.07, 6.45) is -0.269. The molecule has 3 rings (SSSR count). The van der Waals surface area contributed by atoms with Crippen LogP contribution in [-0.4, -0.2) is 91.4 Å². The van der Waals surface area contributed by atoms with Crippen molar-refractivity contribution in [2.75, 3.05) is 59.0 Å². The molecular formula is C23H38IN5O3. The van der Waals surface area contributed by atoms with E-state index in [9.17, 15) is 4.79 Å². The number of hydrogen-bond donors (Lipinski definition) is 1. The van der Waals surface area contributed by atoms with Gasteiger partial charge in [0.2, 0.25) is 0 Å². The molecule has 1 unspecified atom stereocenters. The Morgan fingerprint density at radius 2 is 1.75 bits per heavy atom. The maximum atomic E-state index is 12.3. The molecule has 0 spiro atoms. The Hall–Kier alpha value is -1.59. The minimum atomic E-state index is -0.487. The second-order valence-electron chi connectivity index (χ2n) is 9.23. The van der Waals surface area contributed by atoms with Crippen LogP contribution in [0.3, 0.4) is 0 Å². The molecule has 0 aliphatic carbocycles. The smallest absolute Gasteiger partial charge is 0.410 e. The highest BCUT2D eigenvalue weighted by atomic mass is 127. The van der Waals surface area contributed by atoms with Crippen molar-refractivity contribution in [2.45, 2.75) is 39.3 Å². The summed E-state index contributed by atoms with van der Waals surface area (Å²) >= 11 is 0. The van der Waals surface area contributed by atoms with Gasteiger partial charge in [-0.3, -0.25) is 9.89 Å². The highest BCUT2D eigenvalue weighted by molar-refractivity contribution is 14.0. The van der Waals surface area contributed by atoms with E-state index in [1.54, 1.807) is 4.90 Å². The van der Waals surface area contributed by atoms with E-state index < -0.39 is 5.60 Å². The number of aliphatic imine (C=N–C) groups is 1. The zero-order valence-electron chi connectivity index (χ0n) is 19.7. The van der Waals surface area contributed by atoms with Crippen LogP contribution in [0.15, 0.2) is 29.3 Å². The van der Waals surface area contributed by atoms with Gasteiger partial charge < -0.3 is 25.0 Å². The molecule has 2 aliphatic rings. The van der Waals surface area contributed by atoms with Crippen LogP contribution in [0, 0.1) is 6.92 Å². The first-order chi connectivity index (χ1) is 14.7. The second kappa shape index (κ2) is 12.0. The van der Waals surface area contributed by atoms with Gasteiger partial charge in [-0.25, -0.2) is 4.79 Å². The standard InChI is InChI=1S/C23H37N5O3.HI/c1-18-6-5-7-19(16-18)20(26-12-14-30-15-13-26)17-25-21(24)27-8-10-28(11-9-27)22(29)31-23(2,3)4;/h5-7,16,20H,8-15,17H2,1-4H3,(H2,24,25);1H. The van der Waals surface area contributed by atoms with Crippen LogP contribution < -0.4 is 5.73 Å². The molecule has 0 aromatic heterocycles. The van der Waals surface area contributed by atoms with Gasteiger partial charge in [0.05, 0.1) is 25.8 Å². The molecule has 2 heterocycles. The number of halogens is 1. The van der Waals surface area contributed by atoms with Crippen LogP contribution in [0.2, 0.25) is 0 Å². The number of piperazine rings is 1. The number of amides is 1. The van der Waals surface area contributed by atoms with E-state index >= 15 is 0 Å². The molecule has 2 fully saturated rings. The van der Waals surface area contributed by atoms with E-state index in [2.05, 4.69) is 36.1 Å². The van der Waals surface area contributed by atoms with Crippen molar-refractivity contribution >= 4 is 36.0 Å². The summed E-state index contributed by atoms with van der Waals surface area (Å²) in [5.74, 6) is 0.537. The Bertz CT molecular complexity index is 769. The van der Waals surface area contributed by atoms with Crippen LogP contribution in [0.5, 0.6) is 0 Å². The van der Waals surface area contributed by atoms with Crippen LogP contribution in [-0.2, 0) is 9.47 Å². The van der Waals surface area contributed by atoms with Crippen molar-refractivity contribution in [2.24, 2.45) is 10.7 Å². The molecule has 180 valence electrons. The Balaban J connectivity index is 0.00000363. The molecule has 1 atom stereocenters. The highest BCUT2D eigenvalue weighted by Gasteiger charge is 2.27. The number of aryl methyl sites for hydroxylation is 1. The highest BCUT2D eigenvalue weighted by Crippen LogP contribution is 2.23. The quantitative estimate of drug-likeness (QED) is 0.347. The predicted octanol–water partition coefficient (Wildman–Crippen LogP) is 2.85. The van der Waals surface area contributed by atoms with Gasteiger partial charge in [-0.05, 0) is 33.3 Å². The van der Waals surface area contributed by atoms with E-state index in [-0.39, 0.29) is 36.1 Å². The summed E-state index contributed by atoms with van der Waals surface area (Å²) in [6, 6.07) is 8.78. The predicted molar refractivity (Wildman–Crippen MR) is 138 cm³/mol. The summed E-state index contributed by atoms with van der Waals surface area (Å²) in [5, 5.41) is 0. The Labute approximate surface area is 209 Å². The van der Waals surface area contributed by atoms with Crippen LogP contribution >= 0.6 is 24.0 Å². The summed E-state index contributed by atoms with van der Waals surface area (Å²) < 4.78 is 11.0. The van der Waals surface area contributed by atoms with E-state index in [1.807, 2.05) is 25.7 Å². The van der Waals surface area contributed by atoms with Crippen LogP contribution in [0.25, 0.3) is 0 Å². The van der Waals surface area contributed by atoms with Crippen molar-refractivity contribution in [3.63, 3.8) is 0 Å². The minimum Gasteiger partial charge on any atom is -0.444 e. The number of nitrogens with zero attached hydrogens (tertiary/aromatic N) is 4. The zero-order valence-corrected chi connectivity index (χ0v) is 22.1. The Morgan fingerprint density at radius 1 is 1.12 bits per heavy atom. The summed E-state index contributed by atoms with van der Waals surface area (Å²) in [4.78, 5) is 23.2. The number of benzene rings is 1. The van der Waals surface area contributed by atoms with Crippen molar-refractivity contribution in [1.82, 2.24) is 14.7 Å². The average Bonchev–Trinajstić information content (AvgIpc) is 2.73. The van der Waals surface area contributed by atoms with Gasteiger partial charge in [-0.15, -0.1) is 24.0 Å². The number of nitrogens with two attached hydrogens (primary N) is 1. The SMILES string of the molecule is Cc1cccc(C(CN=C(N)N2CCN(C(=O)OC(C)(C)C)CC2)N2CCOCC2)c1.I. The first-order valence-electron chi connectivity index (χ1n) is 11.1. The third-order valence-electron chi connectivity index (χ3n) is 5.59. The molecular weight excluding hydrogens is 521 g/mol. The lowest BCUT2D eigenvalue weighted by Crippen LogP contribution is -2.53. The second-order valence-corrected chi connectivity index (χ2v) is 9.23. The molecule has 32 heavy (non-hydrogen) atoms. The van der Waals surface area contributed by atoms with Crippen molar-refractivity contribution in [3.05, 3.63) is 35.4 Å².